The van der Waals surface area contributed by atoms with Crippen molar-refractivity contribution in [1.29, 1.82) is 0 Å². The lowest BCUT2D eigenvalue weighted by molar-refractivity contribution is 0.0834. The summed E-state index contributed by atoms with van der Waals surface area (Å²) in [5.41, 5.74) is 0.642. The van der Waals surface area contributed by atoms with Crippen molar-refractivity contribution in [2.75, 3.05) is 13.1 Å². The molecule has 1 fully saturated rings. The number of rotatable bonds is 8. The van der Waals surface area contributed by atoms with E-state index in [1.165, 1.54) is 44.2 Å². The van der Waals surface area contributed by atoms with Gasteiger partial charge in [-0.25, -0.2) is 4.39 Å². The Morgan fingerprint density at radius 1 is 1.14 bits per heavy atom. The summed E-state index contributed by atoms with van der Waals surface area (Å²) < 4.78 is 13.0. The van der Waals surface area contributed by atoms with E-state index >= 15 is 0 Å². The van der Waals surface area contributed by atoms with Gasteiger partial charge in [0.05, 0.1) is 6.04 Å². The average molecular weight is 291 g/mol. The van der Waals surface area contributed by atoms with Gasteiger partial charge in [0.2, 0.25) is 0 Å². The zero-order chi connectivity index (χ0) is 15.1. The number of halogens is 1. The van der Waals surface area contributed by atoms with Crippen LogP contribution in [0.2, 0.25) is 0 Å². The molecule has 2 rings (SSSR count). The molecule has 1 aliphatic heterocycles. The molecule has 0 saturated carbocycles. The minimum Gasteiger partial charge on any atom is -0.293 e. The molecule has 1 atom stereocenters. The molecular formula is C18H26FNO. The maximum atomic E-state index is 13.0. The second-order valence-electron chi connectivity index (χ2n) is 5.98. The maximum absolute atomic E-state index is 13.0. The van der Waals surface area contributed by atoms with Crippen LogP contribution in [0, 0.1) is 5.82 Å². The number of unbranched alkanes of at least 4 members (excludes halogenated alkanes) is 3. The monoisotopic (exact) mass is 291 g/mol. The van der Waals surface area contributed by atoms with Crippen LogP contribution in [0.25, 0.3) is 0 Å². The van der Waals surface area contributed by atoms with E-state index in [1.807, 2.05) is 0 Å². The highest BCUT2D eigenvalue weighted by atomic mass is 19.1. The number of hydrogen-bond acceptors (Lipinski definition) is 2. The Hall–Kier alpha value is -1.22. The third kappa shape index (κ3) is 4.63. The Morgan fingerprint density at radius 3 is 2.43 bits per heavy atom. The molecule has 1 aliphatic rings. The fourth-order valence-corrected chi connectivity index (χ4v) is 3.10. The summed E-state index contributed by atoms with van der Waals surface area (Å²) in [7, 11) is 0. The second kappa shape index (κ2) is 8.28. The van der Waals surface area contributed by atoms with Crippen LogP contribution in [0.15, 0.2) is 24.3 Å². The van der Waals surface area contributed by atoms with E-state index in [-0.39, 0.29) is 17.6 Å². The average Bonchev–Trinajstić information content (AvgIpc) is 3.01. The summed E-state index contributed by atoms with van der Waals surface area (Å²) >= 11 is 0. The van der Waals surface area contributed by atoms with Crippen molar-refractivity contribution in [3.05, 3.63) is 35.6 Å². The van der Waals surface area contributed by atoms with Gasteiger partial charge in [-0.1, -0.05) is 32.6 Å². The topological polar surface area (TPSA) is 20.3 Å². The van der Waals surface area contributed by atoms with Gasteiger partial charge in [0.25, 0.3) is 0 Å². The minimum absolute atomic E-state index is 0.0187. The SMILES string of the molecule is CCCCCC[C@H](C(=O)c1ccc(F)cc1)N1CCCC1. The van der Waals surface area contributed by atoms with Crippen LogP contribution in [-0.2, 0) is 0 Å². The van der Waals surface area contributed by atoms with Crippen LogP contribution in [0.4, 0.5) is 4.39 Å². The lowest BCUT2D eigenvalue weighted by Crippen LogP contribution is -2.39. The Balaban J connectivity index is 2.02. The summed E-state index contributed by atoms with van der Waals surface area (Å²) in [4.78, 5) is 15.1. The Kier molecular flexibility index (Phi) is 6.37. The van der Waals surface area contributed by atoms with E-state index < -0.39 is 0 Å². The quantitative estimate of drug-likeness (QED) is 0.521. The number of likely N-dealkylation sites (tertiary alicyclic amines) is 1. The molecule has 116 valence electrons. The Bertz CT molecular complexity index is 437. The maximum Gasteiger partial charge on any atom is 0.179 e. The molecule has 0 amide bonds. The zero-order valence-electron chi connectivity index (χ0n) is 13.0. The van der Waals surface area contributed by atoms with Crippen molar-refractivity contribution in [3.8, 4) is 0 Å². The highest BCUT2D eigenvalue weighted by Gasteiger charge is 2.28. The molecule has 1 aromatic rings. The van der Waals surface area contributed by atoms with Crippen LogP contribution < -0.4 is 0 Å². The fraction of sp³-hybridized carbons (Fsp3) is 0.611. The number of carbonyl (C=O) groups is 1. The molecule has 0 radical (unpaired) electrons. The van der Waals surface area contributed by atoms with Crippen LogP contribution >= 0.6 is 0 Å². The van der Waals surface area contributed by atoms with Crippen molar-refractivity contribution in [2.45, 2.75) is 57.9 Å². The van der Waals surface area contributed by atoms with Gasteiger partial charge in [0.1, 0.15) is 5.82 Å². The molecule has 0 aliphatic carbocycles. The van der Waals surface area contributed by atoms with Crippen molar-refractivity contribution >= 4 is 5.78 Å². The summed E-state index contributed by atoms with van der Waals surface area (Å²) in [5.74, 6) is -0.124. The summed E-state index contributed by atoms with van der Waals surface area (Å²) in [6.07, 6.45) is 8.03. The third-order valence-corrected chi connectivity index (χ3v) is 4.34. The van der Waals surface area contributed by atoms with E-state index in [4.69, 9.17) is 0 Å². The van der Waals surface area contributed by atoms with Crippen LogP contribution in [0.3, 0.4) is 0 Å². The lowest BCUT2D eigenvalue weighted by atomic mass is 9.97. The van der Waals surface area contributed by atoms with Gasteiger partial charge in [-0.3, -0.25) is 9.69 Å². The van der Waals surface area contributed by atoms with E-state index in [0.29, 0.717) is 5.56 Å². The molecule has 0 bridgehead atoms. The van der Waals surface area contributed by atoms with Gasteiger partial charge in [0, 0.05) is 5.56 Å². The highest BCUT2D eigenvalue weighted by Crippen LogP contribution is 2.21. The number of carbonyl (C=O) groups excluding carboxylic acids is 1. The molecule has 0 unspecified atom stereocenters. The molecule has 1 saturated heterocycles. The van der Waals surface area contributed by atoms with Gasteiger partial charge in [-0.05, 0) is 56.6 Å². The van der Waals surface area contributed by atoms with Crippen molar-refractivity contribution < 1.29 is 9.18 Å². The Morgan fingerprint density at radius 2 is 1.81 bits per heavy atom. The van der Waals surface area contributed by atoms with Crippen LogP contribution in [-0.4, -0.2) is 29.8 Å². The third-order valence-electron chi connectivity index (χ3n) is 4.34. The first kappa shape index (κ1) is 16.2. The molecule has 3 heteroatoms. The van der Waals surface area contributed by atoms with Gasteiger partial charge in [-0.15, -0.1) is 0 Å². The number of hydrogen-bond donors (Lipinski definition) is 0. The van der Waals surface area contributed by atoms with Gasteiger partial charge in [0.15, 0.2) is 5.78 Å². The predicted octanol–water partition coefficient (Wildman–Crippen LogP) is 4.44. The number of nitrogens with zero attached hydrogens (tertiary/aromatic N) is 1. The van der Waals surface area contributed by atoms with E-state index in [0.717, 1.165) is 25.9 Å². The van der Waals surface area contributed by atoms with Gasteiger partial charge < -0.3 is 0 Å². The largest absolute Gasteiger partial charge is 0.293 e. The molecule has 21 heavy (non-hydrogen) atoms. The Labute approximate surface area is 127 Å². The van der Waals surface area contributed by atoms with Crippen LogP contribution in [0.5, 0.6) is 0 Å². The van der Waals surface area contributed by atoms with Gasteiger partial charge in [-0.2, -0.15) is 0 Å². The summed E-state index contributed by atoms with van der Waals surface area (Å²) in [5, 5.41) is 0. The minimum atomic E-state index is -0.285. The molecule has 0 spiro atoms. The molecule has 2 nitrogen and oxygen atoms in total. The first-order valence-electron chi connectivity index (χ1n) is 8.26. The highest BCUT2D eigenvalue weighted by molar-refractivity contribution is 6.00. The van der Waals surface area contributed by atoms with Crippen molar-refractivity contribution in [3.63, 3.8) is 0 Å². The molecule has 0 N–H and O–H groups in total. The number of ketones is 1. The number of Topliss-reactive ketones (excluding diaryl/α,β-unsaturated/α-hetero) is 1. The molecular weight excluding hydrogens is 265 g/mol. The molecule has 1 heterocycles. The predicted molar refractivity (Wildman–Crippen MR) is 84.1 cm³/mol. The molecule has 1 aromatic carbocycles. The zero-order valence-corrected chi connectivity index (χ0v) is 13.0. The fourth-order valence-electron chi connectivity index (χ4n) is 3.10. The van der Waals surface area contributed by atoms with E-state index in [2.05, 4.69) is 11.8 Å². The summed E-state index contributed by atoms with van der Waals surface area (Å²) in [6.45, 7) is 4.23. The number of benzene rings is 1. The van der Waals surface area contributed by atoms with Gasteiger partial charge >= 0.3 is 0 Å². The molecule has 0 aromatic heterocycles. The van der Waals surface area contributed by atoms with Crippen molar-refractivity contribution in [2.24, 2.45) is 0 Å². The lowest BCUT2D eigenvalue weighted by Gasteiger charge is -2.26. The van der Waals surface area contributed by atoms with Crippen molar-refractivity contribution in [1.82, 2.24) is 4.90 Å². The standard InChI is InChI=1S/C18H26FNO/c1-2-3-4-5-8-17(20-13-6-7-14-20)18(21)15-9-11-16(19)12-10-15/h9-12,17H,2-8,13-14H2,1H3/t17-/m1/s1. The first-order chi connectivity index (χ1) is 10.2. The summed E-state index contributed by atoms with van der Waals surface area (Å²) in [6, 6.07) is 5.98. The second-order valence-corrected chi connectivity index (χ2v) is 5.98. The normalized spacial score (nSPS) is 17.0. The first-order valence-corrected chi connectivity index (χ1v) is 8.26. The van der Waals surface area contributed by atoms with Crippen LogP contribution in [0.1, 0.15) is 62.2 Å². The smallest absolute Gasteiger partial charge is 0.179 e. The van der Waals surface area contributed by atoms with E-state index in [9.17, 15) is 9.18 Å². The van der Waals surface area contributed by atoms with E-state index in [1.54, 1.807) is 12.1 Å².